The van der Waals surface area contributed by atoms with Crippen LogP contribution in [0.5, 0.6) is 0 Å². The molecule has 1 fully saturated rings. The predicted octanol–water partition coefficient (Wildman–Crippen LogP) is -0.0553. The highest BCUT2D eigenvalue weighted by molar-refractivity contribution is 4.54. The number of hydrogen-bond acceptors (Lipinski definition) is 4. The third-order valence-electron chi connectivity index (χ3n) is 1.60. The zero-order valence-electron chi connectivity index (χ0n) is 6.29. The molecule has 1 heterocycles. The van der Waals surface area contributed by atoms with E-state index in [0.717, 1.165) is 26.3 Å². The van der Waals surface area contributed by atoms with Crippen LogP contribution in [0.1, 0.15) is 6.92 Å². The summed E-state index contributed by atoms with van der Waals surface area (Å²) in [6.45, 7) is 5.58. The average molecular weight is 146 g/mol. The molecule has 0 aromatic rings. The smallest absolute Gasteiger partial charge is 0.0609 e. The summed E-state index contributed by atoms with van der Waals surface area (Å²) in [7, 11) is 0. The van der Waals surface area contributed by atoms with Gasteiger partial charge in [0, 0.05) is 19.6 Å². The van der Waals surface area contributed by atoms with Gasteiger partial charge < -0.3 is 4.74 Å². The highest BCUT2D eigenvalue weighted by Gasteiger charge is 2.14. The van der Waals surface area contributed by atoms with Crippen molar-refractivity contribution >= 4 is 0 Å². The minimum absolute atomic E-state index is 0.639. The van der Waals surface area contributed by atoms with Crippen molar-refractivity contribution in [2.45, 2.75) is 6.92 Å². The van der Waals surface area contributed by atoms with Gasteiger partial charge >= 0.3 is 0 Å². The Hall–Kier alpha value is -0.160. The summed E-state index contributed by atoms with van der Waals surface area (Å²) in [6.07, 6.45) is 0. The number of hydrazine groups is 1. The van der Waals surface area contributed by atoms with Crippen molar-refractivity contribution in [1.29, 1.82) is 0 Å². The fourth-order valence-electron chi connectivity index (χ4n) is 0.985. The summed E-state index contributed by atoms with van der Waals surface area (Å²) >= 11 is 0. The Morgan fingerprint density at radius 2 is 2.10 bits per heavy atom. The van der Waals surface area contributed by atoms with Crippen molar-refractivity contribution in [3.05, 3.63) is 0 Å². The fraction of sp³-hybridized carbons (Fsp3) is 1.00. The molecule has 0 amide bonds. The summed E-state index contributed by atoms with van der Waals surface area (Å²) < 4.78 is 5.11. The first-order valence-corrected chi connectivity index (χ1v) is 3.63. The molecule has 4 nitrogen and oxygen atoms in total. The Labute approximate surface area is 60.9 Å². The van der Waals surface area contributed by atoms with Crippen LogP contribution in [0.3, 0.4) is 0 Å². The second-order valence-corrected chi connectivity index (χ2v) is 2.25. The summed E-state index contributed by atoms with van der Waals surface area (Å²) in [6, 6.07) is 0. The summed E-state index contributed by atoms with van der Waals surface area (Å²) in [5, 5.41) is 12.3. The van der Waals surface area contributed by atoms with Gasteiger partial charge in [-0.2, -0.15) is 0 Å². The Morgan fingerprint density at radius 3 is 2.60 bits per heavy atom. The third kappa shape index (κ3) is 1.91. The first-order valence-electron chi connectivity index (χ1n) is 3.63. The molecular formula is C6H14N2O2. The predicted molar refractivity (Wildman–Crippen MR) is 36.6 cm³/mol. The molecule has 0 spiro atoms. The summed E-state index contributed by atoms with van der Waals surface area (Å²) in [5.74, 6) is 0. The molecule has 10 heavy (non-hydrogen) atoms. The van der Waals surface area contributed by atoms with E-state index in [0.29, 0.717) is 6.54 Å². The summed E-state index contributed by atoms with van der Waals surface area (Å²) in [4.78, 5) is 0. The van der Waals surface area contributed by atoms with E-state index in [-0.39, 0.29) is 0 Å². The molecule has 1 aliphatic heterocycles. The van der Waals surface area contributed by atoms with E-state index in [9.17, 15) is 5.21 Å². The Balaban J connectivity index is 2.24. The van der Waals surface area contributed by atoms with E-state index in [4.69, 9.17) is 4.74 Å². The topological polar surface area (TPSA) is 35.9 Å². The second kappa shape index (κ2) is 3.88. The molecule has 0 aromatic carbocycles. The minimum Gasteiger partial charge on any atom is -0.379 e. The van der Waals surface area contributed by atoms with Crippen molar-refractivity contribution < 1.29 is 9.94 Å². The SMILES string of the molecule is CCN(O)N1CCOCC1. The van der Waals surface area contributed by atoms with Gasteiger partial charge in [-0.1, -0.05) is 0 Å². The highest BCUT2D eigenvalue weighted by Crippen LogP contribution is 1.98. The Bertz CT molecular complexity index is 93.7. The molecule has 4 heteroatoms. The molecule has 0 unspecified atom stereocenters. The van der Waals surface area contributed by atoms with Gasteiger partial charge in [-0.3, -0.25) is 5.21 Å². The van der Waals surface area contributed by atoms with Gasteiger partial charge in [0.05, 0.1) is 13.2 Å². The van der Waals surface area contributed by atoms with Crippen molar-refractivity contribution in [3.63, 3.8) is 0 Å². The highest BCUT2D eigenvalue weighted by atomic mass is 16.6. The van der Waals surface area contributed by atoms with Gasteiger partial charge in [-0.05, 0) is 6.92 Å². The molecule has 0 aromatic heterocycles. The lowest BCUT2D eigenvalue weighted by Gasteiger charge is -2.31. The molecule has 0 saturated carbocycles. The number of morpholine rings is 1. The number of rotatable bonds is 2. The molecule has 1 N–H and O–H groups in total. The van der Waals surface area contributed by atoms with Crippen LogP contribution in [0.4, 0.5) is 0 Å². The molecule has 0 atom stereocenters. The normalized spacial score (nSPS) is 21.9. The molecule has 0 aliphatic carbocycles. The monoisotopic (exact) mass is 146 g/mol. The minimum atomic E-state index is 0.639. The van der Waals surface area contributed by atoms with Gasteiger partial charge in [0.15, 0.2) is 0 Å². The van der Waals surface area contributed by atoms with Crippen LogP contribution >= 0.6 is 0 Å². The molecule has 0 bridgehead atoms. The van der Waals surface area contributed by atoms with E-state index in [1.165, 1.54) is 5.17 Å². The van der Waals surface area contributed by atoms with E-state index in [2.05, 4.69) is 0 Å². The first kappa shape index (κ1) is 7.94. The van der Waals surface area contributed by atoms with Crippen LogP contribution in [0.2, 0.25) is 0 Å². The largest absolute Gasteiger partial charge is 0.379 e. The van der Waals surface area contributed by atoms with Gasteiger partial charge in [0.2, 0.25) is 0 Å². The lowest BCUT2D eigenvalue weighted by molar-refractivity contribution is -0.259. The number of hydroxylamine groups is 1. The van der Waals surface area contributed by atoms with Crippen molar-refractivity contribution in [2.24, 2.45) is 0 Å². The van der Waals surface area contributed by atoms with Crippen molar-refractivity contribution in [1.82, 2.24) is 10.2 Å². The zero-order valence-corrected chi connectivity index (χ0v) is 6.29. The van der Waals surface area contributed by atoms with Gasteiger partial charge in [0.25, 0.3) is 0 Å². The van der Waals surface area contributed by atoms with E-state index < -0.39 is 0 Å². The fourth-order valence-corrected chi connectivity index (χ4v) is 0.985. The summed E-state index contributed by atoms with van der Waals surface area (Å²) in [5.41, 5.74) is 0. The average Bonchev–Trinajstić information content (AvgIpc) is 2.05. The van der Waals surface area contributed by atoms with Crippen molar-refractivity contribution in [3.8, 4) is 0 Å². The van der Waals surface area contributed by atoms with E-state index in [1.807, 2.05) is 11.9 Å². The molecule has 0 radical (unpaired) electrons. The molecule has 60 valence electrons. The standard InChI is InChI=1S/C6H14N2O2/c1-2-8(9)7-3-5-10-6-4-7/h9H,2-6H2,1H3. The maximum absolute atomic E-state index is 9.19. The Morgan fingerprint density at radius 1 is 1.50 bits per heavy atom. The maximum atomic E-state index is 9.19. The second-order valence-electron chi connectivity index (χ2n) is 2.25. The van der Waals surface area contributed by atoms with Crippen molar-refractivity contribution in [2.75, 3.05) is 32.8 Å². The van der Waals surface area contributed by atoms with Crippen LogP contribution in [-0.2, 0) is 4.74 Å². The molecule has 1 saturated heterocycles. The van der Waals surface area contributed by atoms with Gasteiger partial charge in [-0.25, -0.2) is 5.01 Å². The van der Waals surface area contributed by atoms with E-state index >= 15 is 0 Å². The van der Waals surface area contributed by atoms with Crippen LogP contribution in [0, 0.1) is 0 Å². The van der Waals surface area contributed by atoms with Crippen LogP contribution in [-0.4, -0.2) is 48.2 Å². The molecular weight excluding hydrogens is 132 g/mol. The zero-order chi connectivity index (χ0) is 7.40. The number of nitrogens with zero attached hydrogens (tertiary/aromatic N) is 2. The van der Waals surface area contributed by atoms with Gasteiger partial charge in [-0.15, -0.1) is 5.17 Å². The lowest BCUT2D eigenvalue weighted by atomic mass is 10.5. The quantitative estimate of drug-likeness (QED) is 0.554. The third-order valence-corrected chi connectivity index (χ3v) is 1.60. The van der Waals surface area contributed by atoms with Crippen LogP contribution in [0.15, 0.2) is 0 Å². The Kier molecular flexibility index (Phi) is 3.08. The first-order chi connectivity index (χ1) is 4.84. The van der Waals surface area contributed by atoms with Crippen LogP contribution < -0.4 is 0 Å². The lowest BCUT2D eigenvalue weighted by Crippen LogP contribution is -2.46. The van der Waals surface area contributed by atoms with E-state index in [1.54, 1.807) is 0 Å². The number of ether oxygens (including phenoxy) is 1. The van der Waals surface area contributed by atoms with Crippen LogP contribution in [0.25, 0.3) is 0 Å². The number of hydrogen-bond donors (Lipinski definition) is 1. The van der Waals surface area contributed by atoms with Gasteiger partial charge in [0.1, 0.15) is 0 Å². The molecule has 1 aliphatic rings. The molecule has 1 rings (SSSR count). The maximum Gasteiger partial charge on any atom is 0.0609 e.